The van der Waals surface area contributed by atoms with Crippen molar-refractivity contribution in [1.82, 2.24) is 4.90 Å². The quantitative estimate of drug-likeness (QED) is 0.395. The molecular formula is C17H23N3O4S. The van der Waals surface area contributed by atoms with Crippen LogP contribution in [0.4, 0.5) is 5.69 Å². The van der Waals surface area contributed by atoms with Crippen LogP contribution in [0, 0.1) is 11.3 Å². The molecule has 0 aliphatic rings. The van der Waals surface area contributed by atoms with Crippen molar-refractivity contribution in [2.24, 2.45) is 0 Å². The van der Waals surface area contributed by atoms with Crippen LogP contribution in [0.1, 0.15) is 33.1 Å². The first kappa shape index (κ1) is 20.7. The molecular weight excluding hydrogens is 342 g/mol. The maximum absolute atomic E-state index is 12.3. The molecule has 0 spiro atoms. The Balaban J connectivity index is 2.95. The van der Waals surface area contributed by atoms with Crippen LogP contribution in [0.2, 0.25) is 0 Å². The maximum atomic E-state index is 12.3. The highest BCUT2D eigenvalue weighted by molar-refractivity contribution is 7.85. The predicted octanol–water partition coefficient (Wildman–Crippen LogP) is 2.79. The largest absolute Gasteiger partial charge is 0.376 e. The summed E-state index contributed by atoms with van der Waals surface area (Å²) in [6.07, 6.45) is 4.37. The van der Waals surface area contributed by atoms with Crippen molar-refractivity contribution in [3.8, 4) is 6.07 Å². The van der Waals surface area contributed by atoms with Crippen molar-refractivity contribution in [2.45, 2.75) is 38.0 Å². The fraction of sp³-hybridized carbons (Fsp3) is 0.412. The molecule has 0 saturated heterocycles. The van der Waals surface area contributed by atoms with E-state index >= 15 is 0 Å². The fourth-order valence-corrected chi connectivity index (χ4v) is 2.67. The third-order valence-electron chi connectivity index (χ3n) is 3.38. The van der Waals surface area contributed by atoms with Crippen LogP contribution >= 0.6 is 0 Å². The van der Waals surface area contributed by atoms with Gasteiger partial charge in [0.2, 0.25) is 0 Å². The van der Waals surface area contributed by atoms with E-state index in [0.29, 0.717) is 0 Å². The van der Waals surface area contributed by atoms with E-state index in [1.807, 2.05) is 17.9 Å². The summed E-state index contributed by atoms with van der Waals surface area (Å²) in [7, 11) is -4.36. The summed E-state index contributed by atoms with van der Waals surface area (Å²) in [5.74, 6) is -0.632. The molecule has 8 heteroatoms. The molecule has 136 valence electrons. The number of carbonyl (C=O) groups is 1. The molecule has 1 amide bonds. The lowest BCUT2D eigenvalue weighted by atomic mass is 10.2. The zero-order valence-corrected chi connectivity index (χ0v) is 15.2. The van der Waals surface area contributed by atoms with Crippen molar-refractivity contribution < 1.29 is 17.8 Å². The van der Waals surface area contributed by atoms with Crippen molar-refractivity contribution in [2.75, 3.05) is 18.4 Å². The van der Waals surface area contributed by atoms with Gasteiger partial charge in [-0.1, -0.05) is 26.3 Å². The standard InChI is InChI=1S/C17H23N3O4S/c1-3-5-10-20(9-4-2)13-14(12-18)17(21)19-15-7-6-8-16(11-15)25(22,23)24/h6-8,11,13H,3-5,9-10H2,1-2H3,(H,19,21)(H,22,23,24)/b14-13-. The molecule has 0 atom stereocenters. The van der Waals surface area contributed by atoms with Crippen LogP contribution in [-0.2, 0) is 14.9 Å². The summed E-state index contributed by atoms with van der Waals surface area (Å²) in [6, 6.07) is 7.07. The summed E-state index contributed by atoms with van der Waals surface area (Å²) in [6.45, 7) is 5.56. The Labute approximate surface area is 148 Å². The highest BCUT2D eigenvalue weighted by Gasteiger charge is 2.14. The lowest BCUT2D eigenvalue weighted by molar-refractivity contribution is -0.112. The van der Waals surface area contributed by atoms with Gasteiger partial charge in [0.15, 0.2) is 0 Å². The van der Waals surface area contributed by atoms with Crippen molar-refractivity contribution in [3.05, 3.63) is 36.0 Å². The number of carbonyl (C=O) groups excluding carboxylic acids is 1. The lowest BCUT2D eigenvalue weighted by Gasteiger charge is -2.19. The highest BCUT2D eigenvalue weighted by atomic mass is 32.2. The third kappa shape index (κ3) is 6.95. The number of nitrogens with zero attached hydrogens (tertiary/aromatic N) is 2. The van der Waals surface area contributed by atoms with Crippen LogP contribution in [-0.4, -0.2) is 36.9 Å². The van der Waals surface area contributed by atoms with Crippen LogP contribution in [0.5, 0.6) is 0 Å². The predicted molar refractivity (Wildman–Crippen MR) is 95.4 cm³/mol. The van der Waals surface area contributed by atoms with Gasteiger partial charge in [0.25, 0.3) is 16.0 Å². The van der Waals surface area contributed by atoms with Gasteiger partial charge < -0.3 is 10.2 Å². The number of benzene rings is 1. The van der Waals surface area contributed by atoms with Crippen LogP contribution < -0.4 is 5.32 Å². The van der Waals surface area contributed by atoms with E-state index in [2.05, 4.69) is 12.2 Å². The van der Waals surface area contributed by atoms with Gasteiger partial charge in [-0.15, -0.1) is 0 Å². The minimum Gasteiger partial charge on any atom is -0.376 e. The first-order chi connectivity index (χ1) is 11.8. The monoisotopic (exact) mass is 365 g/mol. The molecule has 1 rings (SSSR count). The molecule has 0 aromatic heterocycles. The van der Waals surface area contributed by atoms with E-state index in [1.165, 1.54) is 24.4 Å². The van der Waals surface area contributed by atoms with Gasteiger partial charge >= 0.3 is 0 Å². The van der Waals surface area contributed by atoms with Crippen molar-refractivity contribution in [1.29, 1.82) is 5.26 Å². The van der Waals surface area contributed by atoms with E-state index in [-0.39, 0.29) is 16.2 Å². The molecule has 25 heavy (non-hydrogen) atoms. The smallest absolute Gasteiger partial charge is 0.294 e. The molecule has 2 N–H and O–H groups in total. The van der Waals surface area contributed by atoms with Crippen molar-refractivity contribution in [3.63, 3.8) is 0 Å². The van der Waals surface area contributed by atoms with E-state index in [1.54, 1.807) is 0 Å². The second-order valence-electron chi connectivity index (χ2n) is 5.50. The van der Waals surface area contributed by atoms with E-state index < -0.39 is 16.0 Å². The number of nitrogens with one attached hydrogen (secondary N) is 1. The number of hydrogen-bond donors (Lipinski definition) is 2. The highest BCUT2D eigenvalue weighted by Crippen LogP contribution is 2.16. The average molecular weight is 365 g/mol. The second kappa shape index (κ2) is 9.81. The first-order valence-corrected chi connectivity index (χ1v) is 9.50. The van der Waals surface area contributed by atoms with Gasteiger partial charge in [-0.05, 0) is 31.0 Å². The Morgan fingerprint density at radius 2 is 2.04 bits per heavy atom. The minimum absolute atomic E-state index is 0.0678. The zero-order chi connectivity index (χ0) is 18.9. The third-order valence-corrected chi connectivity index (χ3v) is 4.23. The Hall–Kier alpha value is -2.37. The Morgan fingerprint density at radius 3 is 2.60 bits per heavy atom. The van der Waals surface area contributed by atoms with E-state index in [0.717, 1.165) is 38.4 Å². The Kier molecular flexibility index (Phi) is 8.11. The van der Waals surface area contributed by atoms with Crippen LogP contribution in [0.25, 0.3) is 0 Å². The summed E-state index contributed by atoms with van der Waals surface area (Å²) in [4.78, 5) is 13.9. The van der Waals surface area contributed by atoms with Gasteiger partial charge in [0, 0.05) is 25.0 Å². The van der Waals surface area contributed by atoms with Gasteiger partial charge in [0.05, 0.1) is 4.90 Å². The second-order valence-corrected chi connectivity index (χ2v) is 6.92. The Bertz CT molecular complexity index is 766. The molecule has 0 heterocycles. The number of hydrogen-bond acceptors (Lipinski definition) is 5. The topological polar surface area (TPSA) is 111 Å². The molecule has 0 saturated carbocycles. The van der Waals surface area contributed by atoms with E-state index in [4.69, 9.17) is 4.55 Å². The number of anilines is 1. The summed E-state index contributed by atoms with van der Waals surface area (Å²) >= 11 is 0. The summed E-state index contributed by atoms with van der Waals surface area (Å²) in [5, 5.41) is 11.7. The molecule has 1 aromatic carbocycles. The molecule has 0 unspecified atom stereocenters. The summed E-state index contributed by atoms with van der Waals surface area (Å²) < 4.78 is 31.4. The molecule has 7 nitrogen and oxygen atoms in total. The minimum atomic E-state index is -4.36. The molecule has 0 aliphatic heterocycles. The number of unbranched alkanes of at least 4 members (excludes halogenated alkanes) is 1. The number of nitriles is 1. The lowest BCUT2D eigenvalue weighted by Crippen LogP contribution is -2.23. The van der Waals surface area contributed by atoms with Gasteiger partial charge in [0.1, 0.15) is 11.6 Å². The molecule has 0 radical (unpaired) electrons. The average Bonchev–Trinajstić information content (AvgIpc) is 2.56. The first-order valence-electron chi connectivity index (χ1n) is 8.06. The zero-order valence-electron chi connectivity index (χ0n) is 14.4. The Morgan fingerprint density at radius 1 is 1.32 bits per heavy atom. The summed E-state index contributed by atoms with van der Waals surface area (Å²) in [5.41, 5.74) is 0.110. The van der Waals surface area contributed by atoms with Crippen LogP contribution in [0.15, 0.2) is 40.9 Å². The molecule has 0 bridgehead atoms. The van der Waals surface area contributed by atoms with Gasteiger partial charge in [-0.3, -0.25) is 9.35 Å². The van der Waals surface area contributed by atoms with E-state index in [9.17, 15) is 18.5 Å². The molecule has 0 fully saturated rings. The fourth-order valence-electron chi connectivity index (χ4n) is 2.14. The molecule has 1 aromatic rings. The van der Waals surface area contributed by atoms with Gasteiger partial charge in [-0.2, -0.15) is 13.7 Å². The van der Waals surface area contributed by atoms with Crippen molar-refractivity contribution >= 4 is 21.7 Å². The SMILES string of the molecule is CCCCN(/C=C(/C#N)C(=O)Nc1cccc(S(=O)(=O)O)c1)CCC. The molecule has 0 aliphatic carbocycles. The maximum Gasteiger partial charge on any atom is 0.294 e. The van der Waals surface area contributed by atoms with Gasteiger partial charge in [-0.25, -0.2) is 0 Å². The normalized spacial score (nSPS) is 11.7. The van der Waals surface area contributed by atoms with Crippen LogP contribution in [0.3, 0.4) is 0 Å². The number of rotatable bonds is 9. The number of amides is 1.